The molecular formula is C9H12Cl2FNO. The standard InChI is InChI=1S/C9H10FNO.2ClH/c1-11-6-9(12)7-2-4-8(10)5-3-7;;/h2-5,11H,6H2,1H3;2*1H. The highest BCUT2D eigenvalue weighted by Crippen LogP contribution is 2.02. The molecule has 0 aliphatic carbocycles. The summed E-state index contributed by atoms with van der Waals surface area (Å²) in [7, 11) is 1.70. The molecule has 0 aromatic heterocycles. The fourth-order valence-electron chi connectivity index (χ4n) is 0.898. The molecule has 1 aromatic rings. The van der Waals surface area contributed by atoms with Crippen molar-refractivity contribution in [3.05, 3.63) is 35.6 Å². The van der Waals surface area contributed by atoms with Crippen LogP contribution in [0.5, 0.6) is 0 Å². The van der Waals surface area contributed by atoms with E-state index in [9.17, 15) is 9.18 Å². The fourth-order valence-corrected chi connectivity index (χ4v) is 0.898. The molecule has 0 radical (unpaired) electrons. The molecule has 0 aliphatic heterocycles. The van der Waals surface area contributed by atoms with Gasteiger partial charge in [-0.3, -0.25) is 4.79 Å². The molecule has 0 fully saturated rings. The Balaban J connectivity index is 0. The lowest BCUT2D eigenvalue weighted by molar-refractivity contribution is 0.0993. The minimum absolute atomic E-state index is 0. The number of nitrogens with one attached hydrogen (secondary N) is 1. The molecule has 0 heterocycles. The van der Waals surface area contributed by atoms with E-state index >= 15 is 0 Å². The fraction of sp³-hybridized carbons (Fsp3) is 0.222. The van der Waals surface area contributed by atoms with Gasteiger partial charge in [-0.15, -0.1) is 24.8 Å². The van der Waals surface area contributed by atoms with Crippen molar-refractivity contribution < 1.29 is 9.18 Å². The maximum atomic E-state index is 12.4. The summed E-state index contributed by atoms with van der Waals surface area (Å²) in [5, 5.41) is 2.74. The predicted molar refractivity (Wildman–Crippen MR) is 59.2 cm³/mol. The number of carbonyl (C=O) groups excluding carboxylic acids is 1. The van der Waals surface area contributed by atoms with Crippen molar-refractivity contribution >= 4 is 30.6 Å². The third kappa shape index (κ3) is 4.56. The van der Waals surface area contributed by atoms with Crippen molar-refractivity contribution in [3.63, 3.8) is 0 Å². The Morgan fingerprint density at radius 3 is 2.21 bits per heavy atom. The normalized spacial score (nSPS) is 8.43. The number of hydrogen-bond donors (Lipinski definition) is 1. The summed E-state index contributed by atoms with van der Waals surface area (Å²) in [5.41, 5.74) is 0.533. The number of rotatable bonds is 3. The lowest BCUT2D eigenvalue weighted by Crippen LogP contribution is -2.18. The van der Waals surface area contributed by atoms with Gasteiger partial charge in [-0.1, -0.05) is 0 Å². The molecule has 0 saturated carbocycles. The molecule has 0 spiro atoms. The number of likely N-dealkylation sites (N-methyl/N-ethyl adjacent to an activating group) is 1. The summed E-state index contributed by atoms with van der Waals surface area (Å²) in [4.78, 5) is 11.2. The second-order valence-corrected chi connectivity index (χ2v) is 2.46. The number of hydrogen-bond acceptors (Lipinski definition) is 2. The molecule has 0 unspecified atom stereocenters. The number of benzene rings is 1. The predicted octanol–water partition coefficient (Wildman–Crippen LogP) is 2.07. The van der Waals surface area contributed by atoms with Crippen molar-refractivity contribution in [3.8, 4) is 0 Å². The third-order valence-electron chi connectivity index (χ3n) is 1.50. The summed E-state index contributed by atoms with van der Waals surface area (Å²) in [5.74, 6) is -0.353. The summed E-state index contributed by atoms with van der Waals surface area (Å²) in [6.45, 7) is 0.283. The van der Waals surface area contributed by atoms with E-state index in [2.05, 4.69) is 5.32 Å². The van der Waals surface area contributed by atoms with E-state index in [0.29, 0.717) is 5.56 Å². The van der Waals surface area contributed by atoms with Gasteiger partial charge in [0.2, 0.25) is 0 Å². The van der Waals surface area contributed by atoms with Gasteiger partial charge in [-0.05, 0) is 31.3 Å². The van der Waals surface area contributed by atoms with E-state index in [1.807, 2.05) is 0 Å². The van der Waals surface area contributed by atoms with Crippen LogP contribution >= 0.6 is 24.8 Å². The van der Waals surface area contributed by atoms with E-state index in [1.165, 1.54) is 24.3 Å². The van der Waals surface area contributed by atoms with Gasteiger partial charge in [-0.25, -0.2) is 4.39 Å². The quantitative estimate of drug-likeness (QED) is 0.819. The van der Waals surface area contributed by atoms with Crippen molar-refractivity contribution in [2.45, 2.75) is 0 Å². The molecular weight excluding hydrogens is 228 g/mol. The molecule has 2 nitrogen and oxygen atoms in total. The van der Waals surface area contributed by atoms with Gasteiger partial charge in [0.05, 0.1) is 6.54 Å². The van der Waals surface area contributed by atoms with Gasteiger partial charge >= 0.3 is 0 Å². The Bertz CT molecular complexity index is 277. The van der Waals surface area contributed by atoms with Crippen LogP contribution in [0.3, 0.4) is 0 Å². The first-order chi connectivity index (χ1) is 5.74. The zero-order valence-electron chi connectivity index (χ0n) is 7.62. The van der Waals surface area contributed by atoms with Crippen molar-refractivity contribution in [1.29, 1.82) is 0 Å². The van der Waals surface area contributed by atoms with E-state index in [-0.39, 0.29) is 43.0 Å². The van der Waals surface area contributed by atoms with Gasteiger partial charge in [0.25, 0.3) is 0 Å². The van der Waals surface area contributed by atoms with Crippen LogP contribution in [-0.4, -0.2) is 19.4 Å². The van der Waals surface area contributed by atoms with Crippen molar-refractivity contribution in [2.24, 2.45) is 0 Å². The zero-order chi connectivity index (χ0) is 8.97. The van der Waals surface area contributed by atoms with Crippen LogP contribution in [0.2, 0.25) is 0 Å². The van der Waals surface area contributed by atoms with E-state index in [1.54, 1.807) is 7.05 Å². The van der Waals surface area contributed by atoms with Gasteiger partial charge in [0, 0.05) is 5.56 Å². The van der Waals surface area contributed by atoms with Crippen LogP contribution in [0.4, 0.5) is 4.39 Å². The van der Waals surface area contributed by atoms with Gasteiger partial charge in [0.15, 0.2) is 5.78 Å². The molecule has 5 heteroatoms. The second-order valence-electron chi connectivity index (χ2n) is 2.46. The zero-order valence-corrected chi connectivity index (χ0v) is 9.25. The Hall–Kier alpha value is -0.640. The number of Topliss-reactive ketones (excluding diaryl/α,β-unsaturated/α-hetero) is 1. The van der Waals surface area contributed by atoms with Crippen LogP contribution in [0.1, 0.15) is 10.4 Å². The van der Waals surface area contributed by atoms with Crippen LogP contribution in [-0.2, 0) is 0 Å². The first kappa shape index (κ1) is 15.8. The summed E-state index contributed by atoms with van der Waals surface area (Å²) in [6, 6.07) is 5.52. The van der Waals surface area contributed by atoms with E-state index < -0.39 is 0 Å². The minimum Gasteiger partial charge on any atom is -0.313 e. The largest absolute Gasteiger partial charge is 0.313 e. The highest BCUT2D eigenvalue weighted by atomic mass is 35.5. The summed E-state index contributed by atoms with van der Waals surface area (Å²) >= 11 is 0. The highest BCUT2D eigenvalue weighted by molar-refractivity contribution is 5.97. The first-order valence-electron chi connectivity index (χ1n) is 3.67. The lowest BCUT2D eigenvalue weighted by Gasteiger charge is -1.98. The lowest BCUT2D eigenvalue weighted by atomic mass is 10.1. The van der Waals surface area contributed by atoms with Crippen LogP contribution in [0.15, 0.2) is 24.3 Å². The van der Waals surface area contributed by atoms with Gasteiger partial charge in [0.1, 0.15) is 5.82 Å². The third-order valence-corrected chi connectivity index (χ3v) is 1.50. The van der Waals surface area contributed by atoms with E-state index in [4.69, 9.17) is 0 Å². The Morgan fingerprint density at radius 2 is 1.79 bits per heavy atom. The number of carbonyl (C=O) groups is 1. The smallest absolute Gasteiger partial charge is 0.176 e. The molecule has 1 N–H and O–H groups in total. The molecule has 14 heavy (non-hydrogen) atoms. The Labute approximate surface area is 94.7 Å². The summed E-state index contributed by atoms with van der Waals surface area (Å²) < 4.78 is 12.4. The SMILES string of the molecule is CNCC(=O)c1ccc(F)cc1.Cl.Cl. The van der Waals surface area contributed by atoms with Crippen molar-refractivity contribution in [2.75, 3.05) is 13.6 Å². The average Bonchev–Trinajstić information content (AvgIpc) is 2.06. The van der Waals surface area contributed by atoms with Crippen LogP contribution in [0.25, 0.3) is 0 Å². The maximum Gasteiger partial charge on any atom is 0.176 e. The molecule has 0 aliphatic rings. The molecule has 80 valence electrons. The summed E-state index contributed by atoms with van der Waals surface area (Å²) in [6.07, 6.45) is 0. The van der Waals surface area contributed by atoms with Gasteiger partial charge < -0.3 is 5.32 Å². The monoisotopic (exact) mass is 239 g/mol. The second kappa shape index (κ2) is 7.74. The highest BCUT2D eigenvalue weighted by Gasteiger charge is 2.02. The molecule has 0 bridgehead atoms. The van der Waals surface area contributed by atoms with Crippen molar-refractivity contribution in [1.82, 2.24) is 5.32 Å². The number of halogens is 3. The molecule has 0 amide bonds. The molecule has 1 rings (SSSR count). The Kier molecular flexibility index (Phi) is 8.74. The molecule has 0 atom stereocenters. The first-order valence-corrected chi connectivity index (χ1v) is 3.67. The van der Waals surface area contributed by atoms with Crippen LogP contribution in [0, 0.1) is 5.82 Å². The number of ketones is 1. The topological polar surface area (TPSA) is 29.1 Å². The minimum atomic E-state index is -0.323. The average molecular weight is 240 g/mol. The van der Waals surface area contributed by atoms with E-state index in [0.717, 1.165) is 0 Å². The van der Waals surface area contributed by atoms with Gasteiger partial charge in [-0.2, -0.15) is 0 Å². The maximum absolute atomic E-state index is 12.4. The Morgan fingerprint density at radius 1 is 1.29 bits per heavy atom. The molecule has 1 aromatic carbocycles. The molecule has 0 saturated heterocycles. The van der Waals surface area contributed by atoms with Crippen LogP contribution < -0.4 is 5.32 Å².